The summed E-state index contributed by atoms with van der Waals surface area (Å²) in [6.07, 6.45) is 0.180. The Bertz CT molecular complexity index is 3740. The van der Waals surface area contributed by atoms with Gasteiger partial charge in [-0.1, -0.05) is 139 Å². The molecule has 0 radical (unpaired) electrons. The predicted octanol–water partition coefficient (Wildman–Crippen LogP) is 16.4. The minimum Gasteiger partial charge on any atom is -0.457 e. The number of aryl methyl sites for hydroxylation is 3. The van der Waals surface area contributed by atoms with Gasteiger partial charge < -0.3 is 14.2 Å². The van der Waals surface area contributed by atoms with E-state index in [4.69, 9.17) is 12.5 Å². The zero-order valence-corrected chi connectivity index (χ0v) is 38.8. The zero-order valence-electron chi connectivity index (χ0n) is 40.8. The van der Waals surface area contributed by atoms with Gasteiger partial charge in [-0.2, -0.15) is 0 Å². The lowest BCUT2D eigenvalue weighted by molar-refractivity contribution is 0.456. The van der Waals surface area contributed by atoms with Crippen LogP contribution in [0.2, 0.25) is 0 Å². The number of rotatable bonds is 5. The topological polar surface area (TPSA) is 35.2 Å². The minimum atomic E-state index is -1.53. The van der Waals surface area contributed by atoms with Crippen molar-refractivity contribution in [3.8, 4) is 17.3 Å². The summed E-state index contributed by atoms with van der Waals surface area (Å²) < 4.78 is 28.9. The maximum atomic E-state index is 8.54. The summed E-state index contributed by atoms with van der Waals surface area (Å²) in [6, 6.07) is 52.6. The fourth-order valence-corrected chi connectivity index (χ4v) is 10.2. The fraction of sp³-hybridized carbons (Fsp3) is 0.217. The number of anilines is 2. The third kappa shape index (κ3) is 6.70. The Morgan fingerprint density at radius 2 is 1.32 bits per heavy atom. The number of fused-ring (bicyclic) bond motifs is 10. The van der Waals surface area contributed by atoms with Crippen LogP contribution in [0.1, 0.15) is 79.0 Å². The van der Waals surface area contributed by atoms with Crippen LogP contribution in [0.15, 0.2) is 152 Å². The van der Waals surface area contributed by atoms with E-state index in [1.165, 1.54) is 60.0 Å². The first kappa shape index (κ1) is 38.4. The van der Waals surface area contributed by atoms with Gasteiger partial charge in [0.05, 0.1) is 27.8 Å². The van der Waals surface area contributed by atoms with E-state index < -0.39 is 6.37 Å². The number of benzene rings is 7. The van der Waals surface area contributed by atoms with E-state index in [9.17, 15) is 0 Å². The Kier molecular flexibility index (Phi) is 8.84. The van der Waals surface area contributed by atoms with Gasteiger partial charge in [0.1, 0.15) is 24.0 Å². The van der Waals surface area contributed by atoms with E-state index in [1.807, 2.05) is 6.07 Å². The van der Waals surface area contributed by atoms with Crippen LogP contribution in [0.25, 0.3) is 71.0 Å². The van der Waals surface area contributed by atoms with Gasteiger partial charge in [0.15, 0.2) is 0 Å². The number of pyridine rings is 1. The van der Waals surface area contributed by atoms with E-state index in [2.05, 4.69) is 203 Å². The summed E-state index contributed by atoms with van der Waals surface area (Å²) in [7, 11) is 0. The Morgan fingerprint density at radius 3 is 2.09 bits per heavy atom. The van der Waals surface area contributed by atoms with Crippen molar-refractivity contribution in [2.45, 2.75) is 86.2 Å². The molecule has 0 bridgehead atoms. The summed E-state index contributed by atoms with van der Waals surface area (Å²) in [6.45, 7) is 20.1. The van der Waals surface area contributed by atoms with Crippen LogP contribution in [-0.2, 0) is 23.9 Å². The van der Waals surface area contributed by atoms with Crippen LogP contribution in [0.4, 0.5) is 11.4 Å². The third-order valence-electron chi connectivity index (χ3n) is 13.5. The van der Waals surface area contributed by atoms with E-state index in [0.717, 1.165) is 44.5 Å². The molecule has 0 N–H and O–H groups in total. The second kappa shape index (κ2) is 15.0. The van der Waals surface area contributed by atoms with Crippen LogP contribution in [0.5, 0.6) is 11.5 Å². The van der Waals surface area contributed by atoms with Gasteiger partial charge in [0, 0.05) is 53.9 Å². The SMILES string of the molecule is [2H]C([2H])(C)c1ccnc(-n2c3ccc(C(C)(C)C)cc3c3ccc(Oc4cc(N5Cn6c7c(C)cccc7c7cc(C)ccc7c7ccccc7c7cccc5c76)ccc4C(C)(C)C)cc32)c1. The van der Waals surface area contributed by atoms with Crippen molar-refractivity contribution >= 4 is 76.5 Å². The molecule has 0 spiro atoms. The lowest BCUT2D eigenvalue weighted by Crippen LogP contribution is -2.17. The zero-order chi connectivity index (χ0) is 46.7. The maximum absolute atomic E-state index is 8.54. The number of hydrogen-bond acceptors (Lipinski definition) is 3. The van der Waals surface area contributed by atoms with Gasteiger partial charge in [0.25, 0.3) is 0 Å². The molecule has 7 aromatic carbocycles. The molecule has 11 rings (SSSR count). The molecule has 0 atom stereocenters. The molecule has 65 heavy (non-hydrogen) atoms. The first-order chi connectivity index (χ1) is 31.9. The first-order valence-corrected chi connectivity index (χ1v) is 22.8. The van der Waals surface area contributed by atoms with Crippen LogP contribution >= 0.6 is 0 Å². The molecule has 1 aliphatic heterocycles. The van der Waals surface area contributed by atoms with Crippen molar-refractivity contribution in [2.75, 3.05) is 4.90 Å². The highest BCUT2D eigenvalue weighted by Crippen LogP contribution is 2.46. The maximum Gasteiger partial charge on any atom is 0.137 e. The Hall–Kier alpha value is -7.11. The van der Waals surface area contributed by atoms with Gasteiger partial charge in [-0.05, 0) is 118 Å². The lowest BCUT2D eigenvalue weighted by Gasteiger charge is -2.26. The second-order valence-electron chi connectivity index (χ2n) is 19.9. The fourth-order valence-electron chi connectivity index (χ4n) is 10.2. The molecule has 0 saturated heterocycles. The van der Waals surface area contributed by atoms with Gasteiger partial charge in [-0.15, -0.1) is 0 Å². The van der Waals surface area contributed by atoms with Gasteiger partial charge in [-0.25, -0.2) is 4.98 Å². The molecule has 3 aromatic heterocycles. The molecule has 5 heteroatoms. The first-order valence-electron chi connectivity index (χ1n) is 23.8. The smallest absolute Gasteiger partial charge is 0.137 e. The van der Waals surface area contributed by atoms with Gasteiger partial charge in [-0.3, -0.25) is 4.57 Å². The predicted molar refractivity (Wildman–Crippen MR) is 276 cm³/mol. The molecule has 0 unspecified atom stereocenters. The molecule has 5 nitrogen and oxygen atoms in total. The van der Waals surface area contributed by atoms with Crippen molar-refractivity contribution in [3.05, 3.63) is 180 Å². The third-order valence-corrected chi connectivity index (χ3v) is 13.5. The largest absolute Gasteiger partial charge is 0.457 e. The van der Waals surface area contributed by atoms with E-state index in [0.29, 0.717) is 23.8 Å². The van der Waals surface area contributed by atoms with Crippen molar-refractivity contribution in [1.29, 1.82) is 0 Å². The highest BCUT2D eigenvalue weighted by atomic mass is 16.5. The molecule has 322 valence electrons. The van der Waals surface area contributed by atoms with E-state index >= 15 is 0 Å². The van der Waals surface area contributed by atoms with Crippen molar-refractivity contribution in [2.24, 2.45) is 0 Å². The Balaban J connectivity index is 1.11. The van der Waals surface area contributed by atoms with Crippen molar-refractivity contribution in [3.63, 3.8) is 0 Å². The van der Waals surface area contributed by atoms with Crippen LogP contribution in [-0.4, -0.2) is 14.1 Å². The number of nitrogens with zero attached hydrogens (tertiary/aromatic N) is 4. The second-order valence-corrected chi connectivity index (χ2v) is 19.9. The number of para-hydroxylation sites is 2. The lowest BCUT2D eigenvalue weighted by atomic mass is 9.86. The Labute approximate surface area is 384 Å². The monoisotopic (exact) mass is 850 g/mol. The molecule has 0 aliphatic carbocycles. The molecule has 0 saturated carbocycles. The molecule has 0 amide bonds. The molecule has 0 fully saturated rings. The summed E-state index contributed by atoms with van der Waals surface area (Å²) in [5, 5.41) is 9.55. The summed E-state index contributed by atoms with van der Waals surface area (Å²) in [5.41, 5.74) is 11.7. The van der Waals surface area contributed by atoms with Gasteiger partial charge >= 0.3 is 0 Å². The molecule has 10 aromatic rings. The quantitative estimate of drug-likeness (QED) is 0.173. The van der Waals surface area contributed by atoms with Crippen LogP contribution < -0.4 is 9.64 Å². The highest BCUT2D eigenvalue weighted by molar-refractivity contribution is 6.21. The molecule has 4 heterocycles. The van der Waals surface area contributed by atoms with Crippen LogP contribution in [0, 0.1) is 13.8 Å². The number of hydrogen-bond donors (Lipinski definition) is 0. The molecule has 1 aliphatic rings. The van der Waals surface area contributed by atoms with Crippen molar-refractivity contribution in [1.82, 2.24) is 14.1 Å². The summed E-state index contributed by atoms with van der Waals surface area (Å²) >= 11 is 0. The average Bonchev–Trinajstić information content (AvgIpc) is 3.84. The summed E-state index contributed by atoms with van der Waals surface area (Å²) in [5.74, 6) is 2.17. The Morgan fingerprint density at radius 1 is 0.600 bits per heavy atom. The van der Waals surface area contributed by atoms with Crippen molar-refractivity contribution < 1.29 is 7.48 Å². The molecular formula is C60H56N4O. The highest BCUT2D eigenvalue weighted by Gasteiger charge is 2.28. The van der Waals surface area contributed by atoms with E-state index in [1.54, 1.807) is 19.2 Å². The van der Waals surface area contributed by atoms with E-state index in [-0.39, 0.29) is 10.8 Å². The molecular weight excluding hydrogens is 793 g/mol. The van der Waals surface area contributed by atoms with Crippen LogP contribution in [0.3, 0.4) is 0 Å². The standard InChI is InChI=1S/C60H56N4O/c1-10-39-29-30-61-56(32-39)64-52-28-22-40(59(4,5)6)33-50(52)46-26-24-42(35-54(46)64)65-55-34-41(23-27-51(55)60(7,8)9)62-36-63-57-38(3)15-13-18-48(57)49-31-37(2)21-25-45(49)43-16-11-12-17-44(43)47-19-14-20-53(62)58(47)63/h11-35H,10,36H2,1-9H3/i10D2. The summed E-state index contributed by atoms with van der Waals surface area (Å²) in [4.78, 5) is 7.27. The number of ether oxygens (including phenoxy) is 1. The average molecular weight is 851 g/mol. The van der Waals surface area contributed by atoms with Gasteiger partial charge in [0.2, 0.25) is 0 Å². The normalized spacial score (nSPS) is 13.6. The number of aromatic nitrogens is 3. The minimum absolute atomic E-state index is 0.0440.